The number of aromatic nitrogens is 5. The first-order valence-corrected chi connectivity index (χ1v) is 14.5. The molecule has 1 aliphatic carbocycles. The maximum atomic E-state index is 9.86. The molecule has 0 radical (unpaired) electrons. The zero-order chi connectivity index (χ0) is 26.4. The van der Waals surface area contributed by atoms with Gasteiger partial charge in [0.2, 0.25) is 0 Å². The third-order valence-corrected chi connectivity index (χ3v) is 8.40. The summed E-state index contributed by atoms with van der Waals surface area (Å²) in [6.07, 6.45) is 6.82. The molecule has 3 aromatic heterocycles. The number of hydrogen-bond acceptors (Lipinski definition) is 7. The minimum Gasteiger partial charge on any atom is -0.383 e. The molecule has 0 saturated heterocycles. The first-order chi connectivity index (χ1) is 18.3. The average Bonchev–Trinajstić information content (AvgIpc) is 3.41. The van der Waals surface area contributed by atoms with E-state index in [2.05, 4.69) is 105 Å². The highest BCUT2D eigenvalue weighted by atomic mass is 79.9. The van der Waals surface area contributed by atoms with E-state index in [4.69, 9.17) is 0 Å². The van der Waals surface area contributed by atoms with Crippen LogP contribution in [0.15, 0.2) is 52.7 Å². The first kappa shape index (κ1) is 25.0. The van der Waals surface area contributed by atoms with Gasteiger partial charge in [0.15, 0.2) is 0 Å². The Labute approximate surface area is 234 Å². The molecule has 0 spiro atoms. The van der Waals surface area contributed by atoms with Crippen molar-refractivity contribution < 1.29 is 0 Å². The van der Waals surface area contributed by atoms with E-state index in [-0.39, 0.29) is 11.3 Å². The van der Waals surface area contributed by atoms with Crippen LogP contribution in [0.4, 0.5) is 5.69 Å². The summed E-state index contributed by atoms with van der Waals surface area (Å²) in [5, 5.41) is 23.5. The number of anilines is 1. The summed E-state index contributed by atoms with van der Waals surface area (Å²) in [4.78, 5) is 9.17. The summed E-state index contributed by atoms with van der Waals surface area (Å²) in [5.41, 5.74) is 8.48. The molecular formula is C29H28BrN7S. The molecule has 7 nitrogen and oxygen atoms in total. The van der Waals surface area contributed by atoms with E-state index in [0.29, 0.717) is 11.6 Å². The quantitative estimate of drug-likeness (QED) is 0.216. The van der Waals surface area contributed by atoms with Crippen LogP contribution in [0.5, 0.6) is 0 Å². The van der Waals surface area contributed by atoms with E-state index in [9.17, 15) is 5.26 Å². The van der Waals surface area contributed by atoms with E-state index in [0.717, 1.165) is 63.6 Å². The van der Waals surface area contributed by atoms with E-state index >= 15 is 0 Å². The molecule has 9 heteroatoms. The molecule has 38 heavy (non-hydrogen) atoms. The molecule has 6 rings (SSSR count). The second kappa shape index (κ2) is 9.75. The number of halogens is 1. The number of nitrogens with zero attached hydrogens (tertiary/aromatic N) is 6. The molecule has 3 heterocycles. The van der Waals surface area contributed by atoms with Gasteiger partial charge in [-0.15, -0.1) is 16.4 Å². The van der Waals surface area contributed by atoms with Crippen molar-refractivity contribution in [3.63, 3.8) is 0 Å². The Morgan fingerprint density at radius 3 is 2.84 bits per heavy atom. The number of rotatable bonds is 7. The van der Waals surface area contributed by atoms with Crippen LogP contribution in [0.25, 0.3) is 21.1 Å². The van der Waals surface area contributed by atoms with Crippen LogP contribution in [-0.4, -0.2) is 31.5 Å². The molecule has 0 bridgehead atoms. The molecule has 1 aliphatic rings. The number of nitrogens with one attached hydrogen (secondary N) is 1. The van der Waals surface area contributed by atoms with Gasteiger partial charge in [-0.1, -0.05) is 38.1 Å². The Kier molecular flexibility index (Phi) is 6.40. The van der Waals surface area contributed by atoms with Crippen LogP contribution in [0.3, 0.4) is 0 Å². The highest BCUT2D eigenvalue weighted by Crippen LogP contribution is 2.39. The maximum Gasteiger partial charge on any atom is 0.103 e. The molecule has 1 fully saturated rings. The second-order valence-corrected chi connectivity index (χ2v) is 12.9. The van der Waals surface area contributed by atoms with E-state index in [1.165, 1.54) is 10.3 Å². The monoisotopic (exact) mass is 585 g/mol. The van der Waals surface area contributed by atoms with Crippen LogP contribution in [0.2, 0.25) is 0 Å². The van der Waals surface area contributed by atoms with Gasteiger partial charge in [-0.25, -0.2) is 9.67 Å². The molecule has 1 N–H and O–H groups in total. The van der Waals surface area contributed by atoms with Gasteiger partial charge in [-0.05, 0) is 69.9 Å². The highest BCUT2D eigenvalue weighted by molar-refractivity contribution is 9.10. The van der Waals surface area contributed by atoms with Gasteiger partial charge in [-0.2, -0.15) is 5.26 Å². The Morgan fingerprint density at radius 2 is 2.08 bits per heavy atom. The van der Waals surface area contributed by atoms with E-state index in [1.54, 1.807) is 17.5 Å². The third-order valence-electron chi connectivity index (χ3n) is 6.91. The average molecular weight is 587 g/mol. The van der Waals surface area contributed by atoms with Gasteiger partial charge in [-0.3, -0.25) is 4.98 Å². The van der Waals surface area contributed by atoms with Crippen LogP contribution >= 0.6 is 27.3 Å². The molecule has 5 aromatic rings. The predicted molar refractivity (Wildman–Crippen MR) is 156 cm³/mol. The largest absolute Gasteiger partial charge is 0.383 e. The Morgan fingerprint density at radius 1 is 1.24 bits per heavy atom. The van der Waals surface area contributed by atoms with Crippen molar-refractivity contribution in [2.24, 2.45) is 5.41 Å². The van der Waals surface area contributed by atoms with Gasteiger partial charge in [0.1, 0.15) is 6.07 Å². The molecule has 0 aliphatic heterocycles. The van der Waals surface area contributed by atoms with E-state index in [1.807, 2.05) is 10.2 Å². The normalized spacial score (nSPS) is 14.6. The summed E-state index contributed by atoms with van der Waals surface area (Å²) in [7, 11) is 0. The van der Waals surface area contributed by atoms with Crippen LogP contribution in [0, 0.1) is 16.7 Å². The smallest absolute Gasteiger partial charge is 0.103 e. The Balaban J connectivity index is 1.46. The zero-order valence-corrected chi connectivity index (χ0v) is 24.0. The summed E-state index contributed by atoms with van der Waals surface area (Å²) in [6, 6.07) is 13.4. The third kappa shape index (κ3) is 4.91. The van der Waals surface area contributed by atoms with Crippen molar-refractivity contribution in [3.05, 3.63) is 75.1 Å². The number of pyridine rings is 1. The fourth-order valence-electron chi connectivity index (χ4n) is 4.82. The summed E-state index contributed by atoms with van der Waals surface area (Å²) in [6.45, 7) is 7.27. The number of hydrogen-bond donors (Lipinski definition) is 1. The van der Waals surface area contributed by atoms with E-state index < -0.39 is 0 Å². The van der Waals surface area contributed by atoms with Crippen LogP contribution < -0.4 is 5.32 Å². The molecule has 1 saturated carbocycles. The lowest BCUT2D eigenvalue weighted by Gasteiger charge is -2.22. The highest BCUT2D eigenvalue weighted by Gasteiger charge is 2.28. The fourth-order valence-corrected chi connectivity index (χ4v) is 6.29. The fraction of sp³-hybridized carbons (Fsp3) is 0.345. The standard InChI is InChI=1S/C29H28BrN7S/c1-29(2,3)15-33-26-18(12-31)13-32-27-22(26)10-17(11-23(27)30)9-21(25-14-37(36-35-25)19-7-8-19)20-5-4-6-24-28(20)38-16-34-24/h4-6,10-11,13-14,16,19,21H,7-9,15H2,1-3H3,(H,32,33)/t21-/m0/s1. The van der Waals surface area contributed by atoms with Gasteiger partial charge in [0, 0.05) is 34.7 Å². The van der Waals surface area contributed by atoms with Crippen molar-refractivity contribution >= 4 is 54.1 Å². The molecule has 192 valence electrons. The van der Waals surface area contributed by atoms with Gasteiger partial charge >= 0.3 is 0 Å². The molecule has 2 aromatic carbocycles. The summed E-state index contributed by atoms with van der Waals surface area (Å²) < 4.78 is 4.10. The number of fused-ring (bicyclic) bond motifs is 2. The van der Waals surface area contributed by atoms with Gasteiger partial charge in [0.05, 0.1) is 44.2 Å². The molecule has 0 unspecified atom stereocenters. The summed E-state index contributed by atoms with van der Waals surface area (Å²) >= 11 is 5.44. The van der Waals surface area contributed by atoms with Crippen LogP contribution in [0.1, 0.15) is 68.0 Å². The van der Waals surface area contributed by atoms with Crippen molar-refractivity contribution in [1.29, 1.82) is 5.26 Å². The Bertz CT molecular complexity index is 1690. The van der Waals surface area contributed by atoms with Crippen molar-refractivity contribution in [2.45, 2.75) is 52.0 Å². The lowest BCUT2D eigenvalue weighted by molar-refractivity contribution is 0.443. The summed E-state index contributed by atoms with van der Waals surface area (Å²) in [5.74, 6) is 0.00842. The molecular weight excluding hydrogens is 558 g/mol. The van der Waals surface area contributed by atoms with Gasteiger partial charge < -0.3 is 5.32 Å². The topological polar surface area (TPSA) is 92.3 Å². The number of benzene rings is 2. The van der Waals surface area contributed by atoms with Crippen molar-refractivity contribution in [2.75, 3.05) is 11.9 Å². The Hall–Kier alpha value is -3.35. The SMILES string of the molecule is CC(C)(C)CNc1c(C#N)cnc2c(Br)cc(C[C@H](c3cn(C4CC4)nn3)c3cccc4ncsc34)cc12. The maximum absolute atomic E-state index is 9.86. The number of nitriles is 1. The number of thiazole rings is 1. The second-order valence-electron chi connectivity index (χ2n) is 11.2. The molecule has 0 amide bonds. The zero-order valence-electron chi connectivity index (χ0n) is 21.6. The van der Waals surface area contributed by atoms with Crippen molar-refractivity contribution in [3.8, 4) is 6.07 Å². The predicted octanol–water partition coefficient (Wildman–Crippen LogP) is 7.24. The molecule has 1 atom stereocenters. The minimum absolute atomic E-state index is 0.00842. The van der Waals surface area contributed by atoms with Crippen LogP contribution in [-0.2, 0) is 6.42 Å². The minimum atomic E-state index is 0.00842. The lowest BCUT2D eigenvalue weighted by atomic mass is 9.88. The van der Waals surface area contributed by atoms with Gasteiger partial charge in [0.25, 0.3) is 0 Å². The van der Waals surface area contributed by atoms with Crippen molar-refractivity contribution in [1.82, 2.24) is 25.0 Å². The first-order valence-electron chi connectivity index (χ1n) is 12.8. The lowest BCUT2D eigenvalue weighted by Crippen LogP contribution is -2.19.